The van der Waals surface area contributed by atoms with Gasteiger partial charge in [0, 0.05) is 6.61 Å². The maximum Gasteiger partial charge on any atom is 0.128 e. The van der Waals surface area contributed by atoms with E-state index in [9.17, 15) is 4.39 Å². The van der Waals surface area contributed by atoms with Gasteiger partial charge >= 0.3 is 0 Å². The Morgan fingerprint density at radius 3 is 1.36 bits per heavy atom. The molecular weight excluding hydrogens is 275 g/mol. The zero-order valence-corrected chi connectivity index (χ0v) is 15.6. The molecule has 0 fully saturated rings. The molecule has 0 heterocycles. The third-order valence-corrected chi connectivity index (χ3v) is 4.09. The van der Waals surface area contributed by atoms with Crippen LogP contribution in [0.1, 0.15) is 111 Å². The van der Waals surface area contributed by atoms with Crippen LogP contribution in [-0.4, -0.2) is 18.9 Å². The third kappa shape index (κ3) is 19.9. The minimum atomic E-state index is -1.18. The summed E-state index contributed by atoms with van der Waals surface area (Å²) in [5, 5.41) is 0. The van der Waals surface area contributed by atoms with E-state index in [-0.39, 0.29) is 6.61 Å². The average Bonchev–Trinajstić information content (AvgIpc) is 2.45. The van der Waals surface area contributed by atoms with Crippen LogP contribution in [0.2, 0.25) is 0 Å². The Labute approximate surface area is 139 Å². The number of unbranched alkanes of at least 4 members (excludes halogenated alkanes) is 13. The van der Waals surface area contributed by atoms with Gasteiger partial charge in [0.25, 0.3) is 0 Å². The number of halogens is 1. The SMILES string of the molecule is CCCCCCCCCCCCCCCCOCC(C)(C)F. The molecule has 0 spiro atoms. The second kappa shape index (κ2) is 15.8. The highest BCUT2D eigenvalue weighted by Gasteiger charge is 2.14. The lowest BCUT2D eigenvalue weighted by atomic mass is 10.0. The van der Waals surface area contributed by atoms with Gasteiger partial charge in [0.05, 0.1) is 6.61 Å². The maximum absolute atomic E-state index is 13.1. The quantitative estimate of drug-likeness (QED) is 0.257. The van der Waals surface area contributed by atoms with E-state index >= 15 is 0 Å². The van der Waals surface area contributed by atoms with Gasteiger partial charge in [-0.05, 0) is 20.3 Å². The molecule has 0 bridgehead atoms. The van der Waals surface area contributed by atoms with Crippen molar-refractivity contribution in [3.8, 4) is 0 Å². The Bertz CT molecular complexity index is 210. The van der Waals surface area contributed by atoms with Crippen molar-refractivity contribution in [1.82, 2.24) is 0 Å². The third-order valence-electron chi connectivity index (χ3n) is 4.09. The van der Waals surface area contributed by atoms with Crippen molar-refractivity contribution in [2.24, 2.45) is 0 Å². The summed E-state index contributed by atoms with van der Waals surface area (Å²) in [6.45, 7) is 6.35. The van der Waals surface area contributed by atoms with Gasteiger partial charge in [-0.1, -0.05) is 90.4 Å². The van der Waals surface area contributed by atoms with Gasteiger partial charge in [-0.3, -0.25) is 0 Å². The maximum atomic E-state index is 13.1. The topological polar surface area (TPSA) is 9.23 Å². The predicted octanol–water partition coefficient (Wildman–Crippen LogP) is 7.23. The van der Waals surface area contributed by atoms with Crippen molar-refractivity contribution < 1.29 is 9.13 Å². The summed E-state index contributed by atoms with van der Waals surface area (Å²) in [4.78, 5) is 0. The molecule has 0 N–H and O–H groups in total. The smallest absolute Gasteiger partial charge is 0.128 e. The molecule has 0 aromatic heterocycles. The Morgan fingerprint density at radius 2 is 1.00 bits per heavy atom. The first kappa shape index (κ1) is 21.9. The highest BCUT2D eigenvalue weighted by atomic mass is 19.1. The van der Waals surface area contributed by atoms with Gasteiger partial charge in [-0.25, -0.2) is 4.39 Å². The van der Waals surface area contributed by atoms with E-state index in [1.165, 1.54) is 83.5 Å². The molecule has 0 saturated heterocycles. The molecule has 0 aliphatic heterocycles. The number of rotatable bonds is 17. The fourth-order valence-electron chi connectivity index (χ4n) is 2.71. The lowest BCUT2D eigenvalue weighted by Crippen LogP contribution is -2.20. The summed E-state index contributed by atoms with van der Waals surface area (Å²) in [6.07, 6.45) is 19.1. The second-order valence-corrected chi connectivity index (χ2v) is 7.37. The van der Waals surface area contributed by atoms with Gasteiger partial charge in [-0.15, -0.1) is 0 Å². The summed E-state index contributed by atoms with van der Waals surface area (Å²) < 4.78 is 18.5. The number of hydrogen-bond donors (Lipinski definition) is 0. The molecule has 0 aliphatic carbocycles. The Kier molecular flexibility index (Phi) is 15.7. The van der Waals surface area contributed by atoms with Crippen LogP contribution in [0.15, 0.2) is 0 Å². The summed E-state index contributed by atoms with van der Waals surface area (Å²) >= 11 is 0. The normalized spacial score (nSPS) is 12.0. The van der Waals surface area contributed by atoms with Crippen molar-refractivity contribution in [1.29, 1.82) is 0 Å². The Morgan fingerprint density at radius 1 is 0.636 bits per heavy atom. The lowest BCUT2D eigenvalue weighted by Gasteiger charge is -2.13. The van der Waals surface area contributed by atoms with Crippen molar-refractivity contribution >= 4 is 0 Å². The molecule has 2 heteroatoms. The van der Waals surface area contributed by atoms with Crippen molar-refractivity contribution in [3.63, 3.8) is 0 Å². The first-order valence-corrected chi connectivity index (χ1v) is 9.83. The van der Waals surface area contributed by atoms with E-state index in [0.29, 0.717) is 6.61 Å². The minimum absolute atomic E-state index is 0.228. The Balaban J connectivity index is 3.00. The molecule has 0 radical (unpaired) electrons. The van der Waals surface area contributed by atoms with Gasteiger partial charge in [-0.2, -0.15) is 0 Å². The summed E-state index contributed by atoms with van der Waals surface area (Å²) in [6, 6.07) is 0. The highest BCUT2D eigenvalue weighted by molar-refractivity contribution is 4.63. The van der Waals surface area contributed by atoms with Gasteiger partial charge in [0.15, 0.2) is 0 Å². The van der Waals surface area contributed by atoms with E-state index < -0.39 is 5.67 Å². The van der Waals surface area contributed by atoms with E-state index in [1.807, 2.05) is 0 Å². The van der Waals surface area contributed by atoms with Crippen molar-refractivity contribution in [2.45, 2.75) is 116 Å². The van der Waals surface area contributed by atoms with Gasteiger partial charge in [0.2, 0.25) is 0 Å². The molecule has 134 valence electrons. The first-order valence-electron chi connectivity index (χ1n) is 9.83. The average molecular weight is 317 g/mol. The predicted molar refractivity (Wildman–Crippen MR) is 96.3 cm³/mol. The second-order valence-electron chi connectivity index (χ2n) is 7.37. The standard InChI is InChI=1S/C20H41FO/c1-4-5-6-7-8-9-10-11-12-13-14-15-16-17-18-22-19-20(2,3)21/h4-19H2,1-3H3. The van der Waals surface area contributed by atoms with Gasteiger partial charge < -0.3 is 4.74 Å². The van der Waals surface area contributed by atoms with E-state index in [4.69, 9.17) is 4.74 Å². The number of alkyl halides is 1. The number of ether oxygens (including phenoxy) is 1. The highest BCUT2D eigenvalue weighted by Crippen LogP contribution is 2.13. The molecule has 0 atom stereocenters. The van der Waals surface area contributed by atoms with Crippen LogP contribution in [0, 0.1) is 0 Å². The van der Waals surface area contributed by atoms with Crippen LogP contribution in [0.25, 0.3) is 0 Å². The molecule has 1 nitrogen and oxygen atoms in total. The molecule has 0 unspecified atom stereocenters. The molecule has 0 aromatic rings. The van der Waals surface area contributed by atoms with Gasteiger partial charge in [0.1, 0.15) is 5.67 Å². The fraction of sp³-hybridized carbons (Fsp3) is 1.00. The fourth-order valence-corrected chi connectivity index (χ4v) is 2.71. The molecule has 0 aliphatic rings. The molecule has 0 amide bonds. The van der Waals surface area contributed by atoms with Crippen LogP contribution >= 0.6 is 0 Å². The molecular formula is C20H41FO. The van der Waals surface area contributed by atoms with Crippen LogP contribution in [0.3, 0.4) is 0 Å². The first-order chi connectivity index (χ1) is 10.6. The van der Waals surface area contributed by atoms with E-state index in [1.54, 1.807) is 13.8 Å². The minimum Gasteiger partial charge on any atom is -0.378 e. The van der Waals surface area contributed by atoms with Crippen molar-refractivity contribution in [3.05, 3.63) is 0 Å². The van der Waals surface area contributed by atoms with E-state index in [0.717, 1.165) is 6.42 Å². The lowest BCUT2D eigenvalue weighted by molar-refractivity contribution is 0.0350. The summed E-state index contributed by atoms with van der Waals surface area (Å²) in [5.41, 5.74) is -1.18. The monoisotopic (exact) mass is 316 g/mol. The van der Waals surface area contributed by atoms with E-state index in [2.05, 4.69) is 6.92 Å². The Hall–Kier alpha value is -0.110. The molecule has 0 rings (SSSR count). The number of hydrogen-bond acceptors (Lipinski definition) is 1. The van der Waals surface area contributed by atoms with Crippen LogP contribution < -0.4 is 0 Å². The molecule has 0 aromatic carbocycles. The molecule has 0 saturated carbocycles. The zero-order chi connectivity index (χ0) is 16.5. The van der Waals surface area contributed by atoms with Crippen LogP contribution in [0.4, 0.5) is 4.39 Å². The molecule has 22 heavy (non-hydrogen) atoms. The van der Waals surface area contributed by atoms with Crippen LogP contribution in [0.5, 0.6) is 0 Å². The summed E-state index contributed by atoms with van der Waals surface area (Å²) in [5.74, 6) is 0. The van der Waals surface area contributed by atoms with Crippen molar-refractivity contribution in [2.75, 3.05) is 13.2 Å². The summed E-state index contributed by atoms with van der Waals surface area (Å²) in [7, 11) is 0. The zero-order valence-electron chi connectivity index (χ0n) is 15.6. The van der Waals surface area contributed by atoms with Crippen LogP contribution in [-0.2, 0) is 4.74 Å². The largest absolute Gasteiger partial charge is 0.378 e.